The molecule has 0 aliphatic carbocycles. The van der Waals surface area contributed by atoms with Crippen LogP contribution in [0.2, 0.25) is 0 Å². The Bertz CT molecular complexity index is 398. The van der Waals surface area contributed by atoms with Crippen LogP contribution in [0.25, 0.3) is 0 Å². The molecule has 6 nitrogen and oxygen atoms in total. The van der Waals surface area contributed by atoms with Crippen LogP contribution in [0.5, 0.6) is 0 Å². The topological polar surface area (TPSA) is 109 Å². The Labute approximate surface area is 157 Å². The minimum Gasteiger partial charge on any atom is -0.550 e. The highest BCUT2D eigenvalue weighted by Crippen LogP contribution is 2.12. The van der Waals surface area contributed by atoms with E-state index in [2.05, 4.69) is 12.2 Å². The lowest BCUT2D eigenvalue weighted by Gasteiger charge is -2.20. The summed E-state index contributed by atoms with van der Waals surface area (Å²) in [5.41, 5.74) is 0. The van der Waals surface area contributed by atoms with E-state index in [4.69, 9.17) is 0 Å². The van der Waals surface area contributed by atoms with Crippen LogP contribution in [0.1, 0.15) is 103 Å². The number of carboxylic acid groups (broad SMARTS) is 2. The van der Waals surface area contributed by atoms with Gasteiger partial charge in [0.2, 0.25) is 5.91 Å². The van der Waals surface area contributed by atoms with Crippen molar-refractivity contribution < 1.29 is 24.6 Å². The van der Waals surface area contributed by atoms with Crippen LogP contribution in [0, 0.1) is 0 Å². The Morgan fingerprint density at radius 2 is 1.15 bits per heavy atom. The third-order valence-electron chi connectivity index (χ3n) is 4.50. The van der Waals surface area contributed by atoms with Gasteiger partial charge in [0.15, 0.2) is 0 Å². The quantitative estimate of drug-likeness (QED) is 0.371. The zero-order valence-electron chi connectivity index (χ0n) is 16.2. The molecule has 0 saturated heterocycles. The molecule has 6 heteroatoms. The van der Waals surface area contributed by atoms with E-state index in [-0.39, 0.29) is 6.42 Å². The summed E-state index contributed by atoms with van der Waals surface area (Å²) >= 11 is 0. The van der Waals surface area contributed by atoms with Crippen molar-refractivity contribution in [3.63, 3.8) is 0 Å². The molecular weight excluding hydrogens is 334 g/mol. The Balaban J connectivity index is 3.47. The zero-order chi connectivity index (χ0) is 19.6. The molecule has 0 heterocycles. The molecule has 0 aliphatic rings. The molecule has 0 bridgehead atoms. The fraction of sp³-hybridized carbons (Fsp3) is 0.850. The molecule has 0 spiro atoms. The first-order valence-electron chi connectivity index (χ1n) is 10.2. The third kappa shape index (κ3) is 15.9. The van der Waals surface area contributed by atoms with Crippen LogP contribution in [-0.4, -0.2) is 23.9 Å². The molecule has 1 N–H and O–H groups in total. The maximum Gasteiger partial charge on any atom is 0.220 e. The van der Waals surface area contributed by atoms with E-state index in [0.29, 0.717) is 6.42 Å². The fourth-order valence-electron chi connectivity index (χ4n) is 2.93. The molecule has 0 rings (SSSR count). The second kappa shape index (κ2) is 16.9. The third-order valence-corrected chi connectivity index (χ3v) is 4.50. The Morgan fingerprint density at radius 3 is 1.54 bits per heavy atom. The summed E-state index contributed by atoms with van der Waals surface area (Å²) < 4.78 is 0. The SMILES string of the molecule is CCCCCCCCCCCCCCCC(=O)NC(CC(=O)[O-])C(=O)[O-]. The van der Waals surface area contributed by atoms with Crippen molar-refractivity contribution in [2.75, 3.05) is 0 Å². The zero-order valence-corrected chi connectivity index (χ0v) is 16.2. The Kier molecular flexibility index (Phi) is 15.8. The van der Waals surface area contributed by atoms with Gasteiger partial charge in [0.1, 0.15) is 0 Å². The van der Waals surface area contributed by atoms with Gasteiger partial charge in [-0.3, -0.25) is 4.79 Å². The summed E-state index contributed by atoms with van der Waals surface area (Å²) in [5, 5.41) is 23.3. The monoisotopic (exact) mass is 369 g/mol. The summed E-state index contributed by atoms with van der Waals surface area (Å²) in [6, 6.07) is -1.52. The summed E-state index contributed by atoms with van der Waals surface area (Å²) in [6.07, 6.45) is 15.1. The van der Waals surface area contributed by atoms with E-state index >= 15 is 0 Å². The number of aliphatic carboxylic acids is 2. The van der Waals surface area contributed by atoms with E-state index in [0.717, 1.165) is 19.3 Å². The predicted molar refractivity (Wildman–Crippen MR) is 96.9 cm³/mol. The van der Waals surface area contributed by atoms with Crippen molar-refractivity contribution >= 4 is 17.8 Å². The number of carboxylic acids is 2. The highest BCUT2D eigenvalue weighted by atomic mass is 16.4. The van der Waals surface area contributed by atoms with E-state index in [9.17, 15) is 24.6 Å². The molecule has 0 radical (unpaired) electrons. The molecule has 0 aromatic heterocycles. The van der Waals surface area contributed by atoms with Crippen molar-refractivity contribution in [1.82, 2.24) is 5.32 Å². The minimum atomic E-state index is -1.60. The maximum absolute atomic E-state index is 11.6. The molecule has 0 fully saturated rings. The van der Waals surface area contributed by atoms with Gasteiger partial charge in [-0.1, -0.05) is 84.0 Å². The molecule has 0 aliphatic heterocycles. The number of carbonyl (C=O) groups excluding carboxylic acids is 3. The van der Waals surface area contributed by atoms with Gasteiger partial charge >= 0.3 is 0 Å². The molecule has 0 saturated carbocycles. The van der Waals surface area contributed by atoms with Gasteiger partial charge in [-0.25, -0.2) is 0 Å². The minimum absolute atomic E-state index is 0.203. The highest BCUT2D eigenvalue weighted by Gasteiger charge is 2.13. The summed E-state index contributed by atoms with van der Waals surface area (Å²) in [6.45, 7) is 2.23. The molecule has 1 atom stereocenters. The average Bonchev–Trinajstić information content (AvgIpc) is 2.58. The molecule has 1 amide bonds. The van der Waals surface area contributed by atoms with Crippen LogP contribution in [0.4, 0.5) is 0 Å². The van der Waals surface area contributed by atoms with Gasteiger partial charge in [0.05, 0.1) is 12.0 Å². The van der Waals surface area contributed by atoms with Crippen LogP contribution in [-0.2, 0) is 14.4 Å². The number of hydrogen-bond acceptors (Lipinski definition) is 5. The van der Waals surface area contributed by atoms with Gasteiger partial charge in [0, 0.05) is 18.8 Å². The second-order valence-electron chi connectivity index (χ2n) is 7.01. The number of rotatable bonds is 18. The van der Waals surface area contributed by atoms with Gasteiger partial charge in [-0.05, 0) is 6.42 Å². The van der Waals surface area contributed by atoms with E-state index in [1.807, 2.05) is 0 Å². The Morgan fingerprint density at radius 1 is 0.731 bits per heavy atom. The van der Waals surface area contributed by atoms with Crippen molar-refractivity contribution in [2.24, 2.45) is 0 Å². The average molecular weight is 370 g/mol. The molecule has 1 unspecified atom stereocenters. The first-order chi connectivity index (χ1) is 12.5. The Hall–Kier alpha value is -1.59. The lowest BCUT2D eigenvalue weighted by molar-refractivity contribution is -0.317. The summed E-state index contributed by atoms with van der Waals surface area (Å²) in [7, 11) is 0. The first kappa shape index (κ1) is 24.4. The molecule has 152 valence electrons. The van der Waals surface area contributed by atoms with E-state index in [1.54, 1.807) is 0 Å². The van der Waals surface area contributed by atoms with Gasteiger partial charge < -0.3 is 25.1 Å². The van der Waals surface area contributed by atoms with Crippen molar-refractivity contribution in [1.29, 1.82) is 0 Å². The normalized spacial score (nSPS) is 11.9. The standard InChI is InChI=1S/C20H37NO5/c1-2-3-4-5-6-7-8-9-10-11-12-13-14-15-18(22)21-17(20(25)26)16-19(23)24/h17H,2-16H2,1H3,(H,21,22)(H,23,24)(H,25,26)/p-2. The number of unbranched alkanes of at least 4 members (excludes halogenated alkanes) is 12. The van der Waals surface area contributed by atoms with Crippen LogP contribution in [0.15, 0.2) is 0 Å². The van der Waals surface area contributed by atoms with Crippen LogP contribution < -0.4 is 15.5 Å². The van der Waals surface area contributed by atoms with Gasteiger partial charge in [-0.15, -0.1) is 0 Å². The largest absolute Gasteiger partial charge is 0.550 e. The number of amides is 1. The van der Waals surface area contributed by atoms with E-state index < -0.39 is 30.3 Å². The van der Waals surface area contributed by atoms with Crippen LogP contribution in [0.3, 0.4) is 0 Å². The lowest BCUT2D eigenvalue weighted by atomic mass is 10.0. The second-order valence-corrected chi connectivity index (χ2v) is 7.01. The number of nitrogens with one attached hydrogen (secondary N) is 1. The summed E-state index contributed by atoms with van der Waals surface area (Å²) in [4.78, 5) is 32.8. The molecular formula is C20H35NO5-2. The molecule has 0 aromatic rings. The lowest BCUT2D eigenvalue weighted by Crippen LogP contribution is -2.50. The van der Waals surface area contributed by atoms with Crippen molar-refractivity contribution in [2.45, 2.75) is 109 Å². The number of carbonyl (C=O) groups is 3. The first-order valence-corrected chi connectivity index (χ1v) is 10.2. The predicted octanol–water partition coefficient (Wildman–Crippen LogP) is 1.84. The van der Waals surface area contributed by atoms with Crippen molar-refractivity contribution in [3.05, 3.63) is 0 Å². The van der Waals surface area contributed by atoms with Gasteiger partial charge in [-0.2, -0.15) is 0 Å². The summed E-state index contributed by atoms with van der Waals surface area (Å²) in [5.74, 6) is -3.59. The number of hydrogen-bond donors (Lipinski definition) is 1. The molecule has 26 heavy (non-hydrogen) atoms. The van der Waals surface area contributed by atoms with Crippen LogP contribution >= 0.6 is 0 Å². The molecule has 0 aromatic carbocycles. The van der Waals surface area contributed by atoms with Gasteiger partial charge in [0.25, 0.3) is 0 Å². The van der Waals surface area contributed by atoms with E-state index in [1.165, 1.54) is 57.8 Å². The van der Waals surface area contributed by atoms with Crippen molar-refractivity contribution in [3.8, 4) is 0 Å². The maximum atomic E-state index is 11.6. The highest BCUT2D eigenvalue weighted by molar-refractivity contribution is 5.85. The smallest absolute Gasteiger partial charge is 0.220 e. The fourth-order valence-corrected chi connectivity index (χ4v) is 2.93.